The number of sulfone groups is 1. The summed E-state index contributed by atoms with van der Waals surface area (Å²) < 4.78 is 27.9. The van der Waals surface area contributed by atoms with E-state index in [9.17, 15) is 13.2 Å². The summed E-state index contributed by atoms with van der Waals surface area (Å²) in [6, 6.07) is 14.1. The van der Waals surface area contributed by atoms with E-state index in [0.717, 1.165) is 16.9 Å². The van der Waals surface area contributed by atoms with E-state index in [0.29, 0.717) is 24.3 Å². The van der Waals surface area contributed by atoms with Crippen LogP contribution < -0.4 is 10.1 Å². The highest BCUT2D eigenvalue weighted by atomic mass is 32.2. The van der Waals surface area contributed by atoms with Crippen LogP contribution in [0.25, 0.3) is 0 Å². The van der Waals surface area contributed by atoms with Crippen LogP contribution in [-0.2, 0) is 27.5 Å². The predicted molar refractivity (Wildman–Crippen MR) is 93.0 cm³/mol. The van der Waals surface area contributed by atoms with Crippen molar-refractivity contribution in [1.82, 2.24) is 5.32 Å². The predicted octanol–water partition coefficient (Wildman–Crippen LogP) is 2.00. The summed E-state index contributed by atoms with van der Waals surface area (Å²) in [7, 11) is -1.57. The van der Waals surface area contributed by atoms with Gasteiger partial charge in [-0.3, -0.25) is 4.79 Å². The van der Waals surface area contributed by atoms with Gasteiger partial charge in [0.25, 0.3) is 0 Å². The molecule has 128 valence electrons. The van der Waals surface area contributed by atoms with Gasteiger partial charge < -0.3 is 10.1 Å². The van der Waals surface area contributed by atoms with Crippen LogP contribution in [0.3, 0.4) is 0 Å². The molecule has 5 nitrogen and oxygen atoms in total. The number of hydrogen-bond acceptors (Lipinski definition) is 4. The molecule has 0 heterocycles. The highest BCUT2D eigenvalue weighted by Gasteiger charge is 2.07. The molecular weight excluding hydrogens is 326 g/mol. The molecule has 0 aliphatic heterocycles. The van der Waals surface area contributed by atoms with Crippen molar-refractivity contribution in [1.29, 1.82) is 0 Å². The Balaban J connectivity index is 1.79. The lowest BCUT2D eigenvalue weighted by Crippen LogP contribution is -2.27. The van der Waals surface area contributed by atoms with Crippen molar-refractivity contribution in [2.75, 3.05) is 19.9 Å². The third-order valence-electron chi connectivity index (χ3n) is 3.61. The van der Waals surface area contributed by atoms with E-state index in [1.807, 2.05) is 24.3 Å². The first-order chi connectivity index (χ1) is 11.4. The molecule has 1 N–H and O–H groups in total. The minimum atomic E-state index is -3.17. The highest BCUT2D eigenvalue weighted by Crippen LogP contribution is 2.12. The number of nitrogens with one attached hydrogen (secondary N) is 1. The number of amides is 1. The molecule has 0 bridgehead atoms. The Morgan fingerprint density at radius 2 is 1.58 bits per heavy atom. The molecule has 0 radical (unpaired) electrons. The zero-order valence-corrected chi connectivity index (χ0v) is 14.6. The van der Waals surface area contributed by atoms with Crippen LogP contribution in [0.4, 0.5) is 0 Å². The van der Waals surface area contributed by atoms with Gasteiger partial charge >= 0.3 is 0 Å². The Hall–Kier alpha value is -2.34. The van der Waals surface area contributed by atoms with Crippen LogP contribution in [0.5, 0.6) is 5.75 Å². The Morgan fingerprint density at radius 3 is 2.12 bits per heavy atom. The quantitative estimate of drug-likeness (QED) is 0.831. The molecule has 6 heteroatoms. The van der Waals surface area contributed by atoms with E-state index < -0.39 is 9.84 Å². The first kappa shape index (κ1) is 18.0. The van der Waals surface area contributed by atoms with Crippen molar-refractivity contribution in [2.45, 2.75) is 17.7 Å². The molecule has 24 heavy (non-hydrogen) atoms. The van der Waals surface area contributed by atoms with Crippen LogP contribution >= 0.6 is 0 Å². The Kier molecular flexibility index (Phi) is 5.98. The maximum absolute atomic E-state index is 11.9. The third-order valence-corrected chi connectivity index (χ3v) is 4.74. The number of benzene rings is 2. The fraction of sp³-hybridized carbons (Fsp3) is 0.278. The van der Waals surface area contributed by atoms with Crippen LogP contribution in [0, 0.1) is 0 Å². The summed E-state index contributed by atoms with van der Waals surface area (Å²) in [4.78, 5) is 12.2. The molecule has 0 saturated heterocycles. The molecule has 0 spiro atoms. The Morgan fingerprint density at radius 1 is 1.00 bits per heavy atom. The van der Waals surface area contributed by atoms with Crippen LogP contribution in [0.1, 0.15) is 11.1 Å². The Labute approximate surface area is 142 Å². The molecule has 0 aliphatic rings. The summed E-state index contributed by atoms with van der Waals surface area (Å²) in [6.07, 6.45) is 2.15. The molecule has 2 aromatic rings. The summed E-state index contributed by atoms with van der Waals surface area (Å²) in [5.74, 6) is 0.713. The topological polar surface area (TPSA) is 72.5 Å². The average Bonchev–Trinajstić information content (AvgIpc) is 2.55. The number of hydrogen-bond donors (Lipinski definition) is 1. The SMILES string of the molecule is COc1ccc(CC(=O)NCCc2ccc(S(C)(=O)=O)cc2)cc1. The van der Waals surface area contributed by atoms with Crippen molar-refractivity contribution < 1.29 is 17.9 Å². The van der Waals surface area contributed by atoms with Crippen LogP contribution in [-0.4, -0.2) is 34.2 Å². The zero-order chi connectivity index (χ0) is 17.6. The summed E-state index contributed by atoms with van der Waals surface area (Å²) in [6.45, 7) is 0.507. The van der Waals surface area contributed by atoms with E-state index >= 15 is 0 Å². The normalized spacial score (nSPS) is 11.1. The molecule has 0 saturated carbocycles. The van der Waals surface area contributed by atoms with Crippen LogP contribution in [0.15, 0.2) is 53.4 Å². The van der Waals surface area contributed by atoms with Crippen LogP contribution in [0.2, 0.25) is 0 Å². The monoisotopic (exact) mass is 347 g/mol. The lowest BCUT2D eigenvalue weighted by atomic mass is 10.1. The molecule has 0 aliphatic carbocycles. The lowest BCUT2D eigenvalue weighted by Gasteiger charge is -2.07. The van der Waals surface area contributed by atoms with E-state index in [4.69, 9.17) is 4.74 Å². The van der Waals surface area contributed by atoms with Crippen molar-refractivity contribution in [3.63, 3.8) is 0 Å². The number of carbonyl (C=O) groups excluding carboxylic acids is 1. The van der Waals surface area contributed by atoms with Gasteiger partial charge in [-0.2, -0.15) is 0 Å². The molecule has 0 aromatic heterocycles. The van der Waals surface area contributed by atoms with E-state index in [2.05, 4.69) is 5.32 Å². The number of ether oxygens (including phenoxy) is 1. The van der Waals surface area contributed by atoms with Crippen molar-refractivity contribution in [3.05, 3.63) is 59.7 Å². The average molecular weight is 347 g/mol. The van der Waals surface area contributed by atoms with Gasteiger partial charge in [-0.05, 0) is 41.8 Å². The van der Waals surface area contributed by atoms with Gasteiger partial charge in [-0.25, -0.2) is 8.42 Å². The molecule has 1 amide bonds. The maximum atomic E-state index is 11.9. The lowest BCUT2D eigenvalue weighted by molar-refractivity contribution is -0.120. The largest absolute Gasteiger partial charge is 0.497 e. The first-order valence-electron chi connectivity index (χ1n) is 7.57. The highest BCUT2D eigenvalue weighted by molar-refractivity contribution is 7.90. The van der Waals surface area contributed by atoms with Gasteiger partial charge in [-0.1, -0.05) is 24.3 Å². The fourth-order valence-corrected chi connectivity index (χ4v) is 2.87. The number of methoxy groups -OCH3 is 1. The van der Waals surface area contributed by atoms with Gasteiger partial charge in [0, 0.05) is 12.8 Å². The second-order valence-electron chi connectivity index (χ2n) is 5.54. The Bertz CT molecular complexity index is 781. The number of carbonyl (C=O) groups is 1. The zero-order valence-electron chi connectivity index (χ0n) is 13.8. The van der Waals surface area contributed by atoms with Crippen molar-refractivity contribution >= 4 is 15.7 Å². The van der Waals surface area contributed by atoms with Gasteiger partial charge in [0.05, 0.1) is 18.4 Å². The van der Waals surface area contributed by atoms with E-state index in [1.54, 1.807) is 31.4 Å². The summed E-state index contributed by atoms with van der Waals surface area (Å²) in [5.41, 5.74) is 1.90. The van der Waals surface area contributed by atoms with E-state index in [-0.39, 0.29) is 5.91 Å². The van der Waals surface area contributed by atoms with Gasteiger partial charge in [0.1, 0.15) is 5.75 Å². The summed E-state index contributed by atoms with van der Waals surface area (Å²) >= 11 is 0. The molecule has 0 unspecified atom stereocenters. The maximum Gasteiger partial charge on any atom is 0.224 e. The van der Waals surface area contributed by atoms with Crippen molar-refractivity contribution in [3.8, 4) is 5.75 Å². The smallest absolute Gasteiger partial charge is 0.224 e. The number of rotatable bonds is 7. The minimum absolute atomic E-state index is 0.0482. The third kappa shape index (κ3) is 5.38. The second kappa shape index (κ2) is 7.97. The fourth-order valence-electron chi connectivity index (χ4n) is 2.24. The summed E-state index contributed by atoms with van der Waals surface area (Å²) in [5, 5.41) is 2.86. The van der Waals surface area contributed by atoms with Crippen molar-refractivity contribution in [2.24, 2.45) is 0 Å². The molecular formula is C18H21NO4S. The van der Waals surface area contributed by atoms with E-state index in [1.165, 1.54) is 6.26 Å². The molecule has 0 fully saturated rings. The molecule has 0 atom stereocenters. The minimum Gasteiger partial charge on any atom is -0.497 e. The van der Waals surface area contributed by atoms with Gasteiger partial charge in [0.2, 0.25) is 5.91 Å². The van der Waals surface area contributed by atoms with Gasteiger partial charge in [-0.15, -0.1) is 0 Å². The molecule has 2 rings (SSSR count). The second-order valence-corrected chi connectivity index (χ2v) is 7.56. The standard InChI is InChI=1S/C18H21NO4S/c1-23-16-7-3-15(4-8-16)13-18(20)19-12-11-14-5-9-17(10-6-14)24(2,21)22/h3-10H,11-13H2,1-2H3,(H,19,20). The first-order valence-corrected chi connectivity index (χ1v) is 9.46. The van der Waals surface area contributed by atoms with Gasteiger partial charge in [0.15, 0.2) is 9.84 Å². The molecule has 2 aromatic carbocycles.